The lowest BCUT2D eigenvalue weighted by atomic mass is 10.2. The van der Waals surface area contributed by atoms with Crippen LogP contribution in [0.4, 0.5) is 0 Å². The van der Waals surface area contributed by atoms with Crippen LogP contribution in [0, 0.1) is 0 Å². The second-order valence-corrected chi connectivity index (χ2v) is 5.46. The van der Waals surface area contributed by atoms with E-state index in [0.717, 1.165) is 0 Å². The third-order valence-corrected chi connectivity index (χ3v) is 3.82. The number of likely N-dealkylation sites (tertiary alicyclic amines) is 1. The smallest absolute Gasteiger partial charge is 0.326 e. The number of hydrogen-bond acceptors (Lipinski definition) is 4. The molecule has 0 radical (unpaired) electrons. The van der Waals surface area contributed by atoms with Gasteiger partial charge in [-0.15, -0.1) is 5.10 Å². The summed E-state index contributed by atoms with van der Waals surface area (Å²) < 4.78 is 1.44. The second-order valence-electron chi connectivity index (χ2n) is 5.02. The molecule has 2 heterocycles. The minimum absolute atomic E-state index is 0.119. The molecule has 0 bridgehead atoms. The van der Waals surface area contributed by atoms with Crippen LogP contribution in [0.5, 0.6) is 0 Å². The number of amides is 1. The van der Waals surface area contributed by atoms with Crippen LogP contribution in [0.3, 0.4) is 0 Å². The van der Waals surface area contributed by atoms with Gasteiger partial charge in [0, 0.05) is 11.6 Å². The standard InChI is InChI=1S/C14H13ClN4O3/c15-9-3-1-4-10(7-9)19-8-11(16-17-19)13(20)18-6-2-5-12(18)14(21)22/h1,3-4,7-8,12H,2,5-6H2,(H,21,22)/t12-/m1/s1. The van der Waals surface area contributed by atoms with Gasteiger partial charge in [0.25, 0.3) is 5.91 Å². The lowest BCUT2D eigenvalue weighted by Crippen LogP contribution is -2.40. The van der Waals surface area contributed by atoms with E-state index >= 15 is 0 Å². The summed E-state index contributed by atoms with van der Waals surface area (Å²) in [6.45, 7) is 0.416. The summed E-state index contributed by atoms with van der Waals surface area (Å²) in [6.07, 6.45) is 2.61. The quantitative estimate of drug-likeness (QED) is 0.928. The number of halogens is 1. The van der Waals surface area contributed by atoms with Gasteiger partial charge in [-0.05, 0) is 31.0 Å². The van der Waals surface area contributed by atoms with E-state index in [2.05, 4.69) is 10.3 Å². The van der Waals surface area contributed by atoms with Crippen molar-refractivity contribution in [3.63, 3.8) is 0 Å². The van der Waals surface area contributed by atoms with Gasteiger partial charge in [-0.25, -0.2) is 9.48 Å². The second kappa shape index (κ2) is 5.76. The SMILES string of the molecule is O=C(O)[C@H]1CCCN1C(=O)c1cn(-c2cccc(Cl)c2)nn1. The molecule has 1 aliphatic heterocycles. The van der Waals surface area contributed by atoms with Crippen molar-refractivity contribution < 1.29 is 14.7 Å². The van der Waals surface area contributed by atoms with E-state index in [9.17, 15) is 9.59 Å². The molecule has 1 fully saturated rings. The third-order valence-electron chi connectivity index (χ3n) is 3.58. The van der Waals surface area contributed by atoms with Crippen LogP contribution in [-0.2, 0) is 4.79 Å². The van der Waals surface area contributed by atoms with Crippen molar-refractivity contribution in [3.8, 4) is 5.69 Å². The molecule has 8 heteroatoms. The predicted molar refractivity (Wildman–Crippen MR) is 78.1 cm³/mol. The number of aromatic nitrogens is 3. The summed E-state index contributed by atoms with van der Waals surface area (Å²) in [5, 5.41) is 17.4. The number of rotatable bonds is 3. The molecule has 22 heavy (non-hydrogen) atoms. The number of benzene rings is 1. The molecule has 114 valence electrons. The molecule has 1 saturated heterocycles. The summed E-state index contributed by atoms with van der Waals surface area (Å²) in [7, 11) is 0. The Morgan fingerprint density at radius 3 is 2.91 bits per heavy atom. The van der Waals surface area contributed by atoms with Gasteiger partial charge in [-0.1, -0.05) is 22.9 Å². The van der Waals surface area contributed by atoms with E-state index in [0.29, 0.717) is 30.1 Å². The van der Waals surface area contributed by atoms with E-state index in [1.165, 1.54) is 15.8 Å². The van der Waals surface area contributed by atoms with Crippen molar-refractivity contribution in [1.82, 2.24) is 19.9 Å². The first-order valence-corrected chi connectivity index (χ1v) is 7.16. The fourth-order valence-corrected chi connectivity index (χ4v) is 2.70. The molecule has 1 aliphatic rings. The van der Waals surface area contributed by atoms with E-state index in [4.69, 9.17) is 16.7 Å². The molecule has 3 rings (SSSR count). The monoisotopic (exact) mass is 320 g/mol. The van der Waals surface area contributed by atoms with Crippen LogP contribution < -0.4 is 0 Å². The van der Waals surface area contributed by atoms with Crippen LogP contribution in [0.15, 0.2) is 30.5 Å². The highest BCUT2D eigenvalue weighted by Gasteiger charge is 2.35. The molecule has 0 aliphatic carbocycles. The number of hydrogen-bond donors (Lipinski definition) is 1. The van der Waals surface area contributed by atoms with Gasteiger partial charge in [0.05, 0.1) is 11.9 Å². The maximum atomic E-state index is 12.4. The maximum absolute atomic E-state index is 12.4. The van der Waals surface area contributed by atoms with E-state index in [1.54, 1.807) is 24.3 Å². The van der Waals surface area contributed by atoms with Gasteiger partial charge in [-0.2, -0.15) is 0 Å². The summed E-state index contributed by atoms with van der Waals surface area (Å²) in [6, 6.07) is 6.19. The number of aliphatic carboxylic acids is 1. The Kier molecular flexibility index (Phi) is 3.81. The topological polar surface area (TPSA) is 88.3 Å². The molecule has 1 atom stereocenters. The average molecular weight is 321 g/mol. The zero-order valence-electron chi connectivity index (χ0n) is 11.5. The largest absolute Gasteiger partial charge is 0.480 e. The maximum Gasteiger partial charge on any atom is 0.326 e. The minimum Gasteiger partial charge on any atom is -0.480 e. The van der Waals surface area contributed by atoms with E-state index < -0.39 is 17.9 Å². The molecule has 1 aromatic heterocycles. The molecule has 1 amide bonds. The Balaban J connectivity index is 1.84. The zero-order valence-corrected chi connectivity index (χ0v) is 12.3. The van der Waals surface area contributed by atoms with Crippen LogP contribution in [0.25, 0.3) is 5.69 Å². The molecule has 1 N–H and O–H groups in total. The number of carbonyl (C=O) groups excluding carboxylic acids is 1. The first kappa shape index (κ1) is 14.5. The molecular formula is C14H13ClN4O3. The number of carboxylic acid groups (broad SMARTS) is 1. The Hall–Kier alpha value is -2.41. The van der Waals surface area contributed by atoms with Gasteiger partial charge in [0.1, 0.15) is 6.04 Å². The van der Waals surface area contributed by atoms with Crippen LogP contribution in [-0.4, -0.2) is 49.5 Å². The average Bonchev–Trinajstić information content (AvgIpc) is 3.16. The van der Waals surface area contributed by atoms with Crippen molar-refractivity contribution in [1.29, 1.82) is 0 Å². The molecular weight excluding hydrogens is 308 g/mol. The van der Waals surface area contributed by atoms with Gasteiger partial charge in [-0.3, -0.25) is 4.79 Å². The van der Waals surface area contributed by atoms with Crippen molar-refractivity contribution in [2.45, 2.75) is 18.9 Å². The Bertz CT molecular complexity index is 730. The van der Waals surface area contributed by atoms with Gasteiger partial charge in [0.2, 0.25) is 0 Å². The summed E-state index contributed by atoms with van der Waals surface area (Å²) in [5.74, 6) is -1.41. The van der Waals surface area contributed by atoms with Crippen molar-refractivity contribution in [3.05, 3.63) is 41.2 Å². The molecule has 0 unspecified atom stereocenters. The highest BCUT2D eigenvalue weighted by atomic mass is 35.5. The third kappa shape index (κ3) is 2.67. The van der Waals surface area contributed by atoms with Crippen molar-refractivity contribution in [2.24, 2.45) is 0 Å². The van der Waals surface area contributed by atoms with Crippen molar-refractivity contribution in [2.75, 3.05) is 6.54 Å². The summed E-state index contributed by atoms with van der Waals surface area (Å²) in [5.41, 5.74) is 0.795. The van der Waals surface area contributed by atoms with Gasteiger partial charge < -0.3 is 10.0 Å². The summed E-state index contributed by atoms with van der Waals surface area (Å²) in [4.78, 5) is 24.9. The van der Waals surface area contributed by atoms with Gasteiger partial charge in [0.15, 0.2) is 5.69 Å². The van der Waals surface area contributed by atoms with E-state index in [-0.39, 0.29) is 5.69 Å². The number of nitrogens with zero attached hydrogens (tertiary/aromatic N) is 4. The Morgan fingerprint density at radius 2 is 2.18 bits per heavy atom. The lowest BCUT2D eigenvalue weighted by Gasteiger charge is -2.19. The van der Waals surface area contributed by atoms with Crippen LogP contribution in [0.1, 0.15) is 23.3 Å². The molecule has 1 aromatic carbocycles. The Morgan fingerprint density at radius 1 is 1.36 bits per heavy atom. The number of carbonyl (C=O) groups is 2. The number of carboxylic acids is 1. The molecule has 2 aromatic rings. The van der Waals surface area contributed by atoms with Gasteiger partial charge >= 0.3 is 5.97 Å². The highest BCUT2D eigenvalue weighted by Crippen LogP contribution is 2.20. The molecule has 0 saturated carbocycles. The highest BCUT2D eigenvalue weighted by molar-refractivity contribution is 6.30. The normalized spacial score (nSPS) is 17.7. The lowest BCUT2D eigenvalue weighted by molar-refractivity contribution is -0.141. The van der Waals surface area contributed by atoms with Crippen molar-refractivity contribution >= 4 is 23.5 Å². The molecule has 0 spiro atoms. The van der Waals surface area contributed by atoms with Crippen LogP contribution in [0.2, 0.25) is 5.02 Å². The first-order chi connectivity index (χ1) is 10.6. The molecule has 7 nitrogen and oxygen atoms in total. The zero-order chi connectivity index (χ0) is 15.7. The predicted octanol–water partition coefficient (Wildman–Crippen LogP) is 1.61. The first-order valence-electron chi connectivity index (χ1n) is 6.78. The van der Waals surface area contributed by atoms with E-state index in [1.807, 2.05) is 0 Å². The van der Waals surface area contributed by atoms with Crippen LogP contribution >= 0.6 is 11.6 Å². The minimum atomic E-state index is -0.993. The fourth-order valence-electron chi connectivity index (χ4n) is 2.52. The fraction of sp³-hybridized carbons (Fsp3) is 0.286. The summed E-state index contributed by atoms with van der Waals surface area (Å²) >= 11 is 5.92. The Labute approximate surface area is 131 Å².